The van der Waals surface area contributed by atoms with Crippen LogP contribution in [0.2, 0.25) is 0 Å². The van der Waals surface area contributed by atoms with Gasteiger partial charge in [0.15, 0.2) is 0 Å². The largest absolute Gasteiger partial charge is 1.00 e. The van der Waals surface area contributed by atoms with Gasteiger partial charge >= 0.3 is 28.2 Å². The summed E-state index contributed by atoms with van der Waals surface area (Å²) < 4.78 is 3.39. The molecule has 0 aliphatic heterocycles. The van der Waals surface area contributed by atoms with Gasteiger partial charge in [0.2, 0.25) is 0 Å². The second-order valence-corrected chi connectivity index (χ2v) is 14.7. The van der Waals surface area contributed by atoms with E-state index in [1.165, 1.54) is 55.6 Å². The zero-order chi connectivity index (χ0) is 37.4. The van der Waals surface area contributed by atoms with Crippen LogP contribution in [0.4, 0.5) is 0 Å². The first-order valence-electron chi connectivity index (χ1n) is 18.0. The van der Waals surface area contributed by atoms with Crippen molar-refractivity contribution in [3.63, 3.8) is 0 Å². The van der Waals surface area contributed by atoms with E-state index < -0.39 is 0 Å². The van der Waals surface area contributed by atoms with Crippen LogP contribution >= 0.6 is 0 Å². The molecule has 1 aliphatic carbocycles. The summed E-state index contributed by atoms with van der Waals surface area (Å²) >= 11 is 1.06. The average molecular weight is 914 g/mol. The Morgan fingerprint density at radius 2 is 0.870 bits per heavy atom. The first-order valence-corrected chi connectivity index (χ1v) is 20.6. The van der Waals surface area contributed by atoms with Crippen LogP contribution in [0.5, 0.6) is 0 Å². The molecule has 0 bridgehead atoms. The van der Waals surface area contributed by atoms with Gasteiger partial charge in [0.05, 0.1) is 0 Å². The Kier molecular flexibility index (Phi) is 19.7. The molecule has 0 saturated carbocycles. The summed E-state index contributed by atoms with van der Waals surface area (Å²) in [6.45, 7) is 13.6. The van der Waals surface area contributed by atoms with E-state index >= 15 is 0 Å². The van der Waals surface area contributed by atoms with E-state index in [4.69, 9.17) is 0 Å². The van der Waals surface area contributed by atoms with E-state index in [9.17, 15) is 0 Å². The minimum Gasteiger partial charge on any atom is -1.00 e. The van der Waals surface area contributed by atoms with Crippen molar-refractivity contribution >= 4 is 4.26 Å². The number of benzene rings is 6. The van der Waals surface area contributed by atoms with Gasteiger partial charge < -0.3 is 24.8 Å². The molecule has 0 spiro atoms. The molecule has 0 atom stereocenters. The molecule has 0 saturated heterocycles. The van der Waals surface area contributed by atoms with Gasteiger partial charge in [-0.1, -0.05) is 187 Å². The molecule has 0 amide bonds. The Labute approximate surface area is 353 Å². The number of halogens is 2. The molecule has 54 heavy (non-hydrogen) atoms. The molecule has 7 aromatic rings. The molecule has 1 aliphatic rings. The molecule has 0 N–H and O–H groups in total. The van der Waals surface area contributed by atoms with Crippen molar-refractivity contribution < 1.29 is 48.7 Å². The normalized spacial score (nSPS) is 10.6. The quantitative estimate of drug-likeness (QED) is 0.123. The summed E-state index contributed by atoms with van der Waals surface area (Å²) in [4.78, 5) is 0. The Balaban J connectivity index is 0.000000264. The molecule has 8 rings (SSSR count). The van der Waals surface area contributed by atoms with Gasteiger partial charge in [0.1, 0.15) is 0 Å². The van der Waals surface area contributed by atoms with Crippen LogP contribution in [0.15, 0.2) is 182 Å². The van der Waals surface area contributed by atoms with Gasteiger partial charge in [-0.15, -0.1) is 11.1 Å². The number of hydrogen-bond donors (Lipinski definition) is 0. The van der Waals surface area contributed by atoms with Crippen LogP contribution in [-0.2, 0) is 41.1 Å². The van der Waals surface area contributed by atoms with Crippen LogP contribution in [-0.4, -0.2) is 4.26 Å². The molecular weight excluding hydrogens is 862 g/mol. The smallest absolute Gasteiger partial charge is 0.0184 e. The van der Waals surface area contributed by atoms with Crippen molar-refractivity contribution in [3.8, 4) is 33.4 Å². The fraction of sp³-hybridized carbons (Fsp3) is 0.176. The van der Waals surface area contributed by atoms with Crippen LogP contribution < -0.4 is 24.8 Å². The Hall–Kier alpha value is -4.01. The molecule has 0 radical (unpaired) electrons. The van der Waals surface area contributed by atoms with Gasteiger partial charge in [-0.3, -0.25) is 0 Å². The first-order chi connectivity index (χ1) is 25.1. The standard InChI is InChI=1S/C21H25.2C12H10.C5H5.CH2.2ClH.Hf/c1-20(2,3)16-7-9-18-14(12-16)11-15-13-17(21(4,5)6)8-10-19(15)18;2*1-3-7-11(8-4-1)12-9-5-2-6-10-12;1-2-4-5-3-1;;;;/h7-10,12H,11H2,1-6H3;2*1-10H;1-5H;1H2;2*1H;/q-1;;;-1;;;;+2/p-2. The minimum atomic E-state index is 0. The Morgan fingerprint density at radius 1 is 0.481 bits per heavy atom. The van der Waals surface area contributed by atoms with Crippen molar-refractivity contribution in [2.75, 3.05) is 0 Å². The van der Waals surface area contributed by atoms with Crippen LogP contribution in [0.25, 0.3) is 33.4 Å². The Bertz CT molecular complexity index is 1790. The maximum atomic E-state index is 3.67. The first kappa shape index (κ1) is 46.1. The van der Waals surface area contributed by atoms with Crippen molar-refractivity contribution in [2.45, 2.75) is 58.8 Å². The van der Waals surface area contributed by atoms with Gasteiger partial charge in [-0.25, -0.2) is 12.1 Å². The third-order valence-electron chi connectivity index (χ3n) is 8.78. The van der Waals surface area contributed by atoms with E-state index in [-0.39, 0.29) is 35.6 Å². The fourth-order valence-electron chi connectivity index (χ4n) is 5.87. The van der Waals surface area contributed by atoms with Crippen molar-refractivity contribution in [1.29, 1.82) is 0 Å². The van der Waals surface area contributed by atoms with E-state index in [1.54, 1.807) is 0 Å². The summed E-state index contributed by atoms with van der Waals surface area (Å²) in [5.41, 5.74) is 13.8. The average Bonchev–Trinajstić information content (AvgIpc) is 3.89. The summed E-state index contributed by atoms with van der Waals surface area (Å²) in [5.74, 6) is 0. The number of fused-ring (bicyclic) bond motifs is 3. The van der Waals surface area contributed by atoms with E-state index in [0.717, 1.165) is 30.3 Å². The minimum absolute atomic E-state index is 0. The molecule has 3 heteroatoms. The fourth-order valence-corrected chi connectivity index (χ4v) is 5.87. The number of hydrogen-bond acceptors (Lipinski definition) is 0. The van der Waals surface area contributed by atoms with Crippen LogP contribution in [0, 0.1) is 6.07 Å². The molecule has 0 nitrogen and oxygen atoms in total. The van der Waals surface area contributed by atoms with Gasteiger partial charge in [0.25, 0.3) is 0 Å². The van der Waals surface area contributed by atoms with E-state index in [0.29, 0.717) is 0 Å². The van der Waals surface area contributed by atoms with Crippen LogP contribution in [0.1, 0.15) is 63.8 Å². The zero-order valence-corrected chi connectivity index (χ0v) is 37.6. The molecule has 0 aromatic heterocycles. The van der Waals surface area contributed by atoms with Crippen molar-refractivity contribution in [1.82, 2.24) is 0 Å². The van der Waals surface area contributed by atoms with E-state index in [1.807, 2.05) is 54.6 Å². The zero-order valence-electron chi connectivity index (χ0n) is 32.5. The third-order valence-corrected chi connectivity index (χ3v) is 8.78. The summed E-state index contributed by atoms with van der Waals surface area (Å²) in [5, 5.41) is 0. The second-order valence-electron chi connectivity index (χ2n) is 14.7. The maximum Gasteiger partial charge on any atom is -0.0184 e. The predicted molar refractivity (Wildman–Crippen MR) is 224 cm³/mol. The van der Waals surface area contributed by atoms with Gasteiger partial charge in [-0.05, 0) is 50.6 Å². The van der Waals surface area contributed by atoms with Crippen molar-refractivity contribution in [3.05, 3.63) is 210 Å². The molecule has 0 heterocycles. The number of rotatable bonds is 2. The molecule has 7 aromatic carbocycles. The predicted octanol–water partition coefficient (Wildman–Crippen LogP) is 7.74. The van der Waals surface area contributed by atoms with Crippen LogP contribution in [0.3, 0.4) is 0 Å². The van der Waals surface area contributed by atoms with Gasteiger partial charge in [0, 0.05) is 0 Å². The third kappa shape index (κ3) is 14.0. The monoisotopic (exact) mass is 914 g/mol. The maximum absolute atomic E-state index is 3.67. The summed E-state index contributed by atoms with van der Waals surface area (Å²) in [6.07, 6.45) is 1.03. The van der Waals surface area contributed by atoms with Crippen molar-refractivity contribution in [2.24, 2.45) is 0 Å². The molecular formula is C51H52Cl2Hf-2. The SMILES string of the molecule is CC(C)(C)c1[c-]c2c(cc1)-c1ccc(C(C)(C)C)cc1C2.[CH2]=[Hf+2].[Cl-].[Cl-].c1cc[cH-]c1.c1ccc(-c2ccccc2)cc1.c1ccc(-c2ccccc2)cc1. The Morgan fingerprint density at radius 3 is 1.20 bits per heavy atom. The second kappa shape index (κ2) is 23.0. The van der Waals surface area contributed by atoms with E-state index in [2.05, 4.69) is 179 Å². The summed E-state index contributed by atoms with van der Waals surface area (Å²) in [6, 6.07) is 66.7. The topological polar surface area (TPSA) is 0 Å². The molecule has 276 valence electrons. The molecule has 0 fully saturated rings. The molecule has 0 unspecified atom stereocenters. The van der Waals surface area contributed by atoms with Gasteiger partial charge in [-0.2, -0.15) is 42.0 Å². The summed E-state index contributed by atoms with van der Waals surface area (Å²) in [7, 11) is 0.